The van der Waals surface area contributed by atoms with Gasteiger partial charge in [0.15, 0.2) is 11.9 Å². The maximum atomic E-state index is 11.5. The van der Waals surface area contributed by atoms with Crippen LogP contribution in [0.1, 0.15) is 50.5 Å². The molecule has 2 aromatic rings. The molecule has 0 saturated carbocycles. The van der Waals surface area contributed by atoms with Gasteiger partial charge in [0.2, 0.25) is 0 Å². The molecule has 23 heavy (non-hydrogen) atoms. The number of tetrazole rings is 1. The van der Waals surface area contributed by atoms with Crippen LogP contribution in [0.3, 0.4) is 0 Å². The third-order valence-electron chi connectivity index (χ3n) is 3.57. The number of carboxylic acid groups (broad SMARTS) is 1. The molecule has 1 atom stereocenters. The molecule has 0 aliphatic carbocycles. The van der Waals surface area contributed by atoms with Crippen molar-refractivity contribution in [1.29, 1.82) is 0 Å². The summed E-state index contributed by atoms with van der Waals surface area (Å²) in [6, 6.07) is 6.93. The number of rotatable bonds is 9. The van der Waals surface area contributed by atoms with Gasteiger partial charge in [0.1, 0.15) is 5.75 Å². The second kappa shape index (κ2) is 8.26. The lowest BCUT2D eigenvalue weighted by molar-refractivity contribution is -0.141. The quantitative estimate of drug-likeness (QED) is 0.764. The van der Waals surface area contributed by atoms with Crippen molar-refractivity contribution < 1.29 is 14.6 Å². The summed E-state index contributed by atoms with van der Waals surface area (Å²) < 4.78 is 6.84. The highest BCUT2D eigenvalue weighted by atomic mass is 16.5. The number of ether oxygens (including phenoxy) is 1. The number of benzene rings is 1. The van der Waals surface area contributed by atoms with E-state index in [1.165, 1.54) is 4.68 Å². The molecule has 0 radical (unpaired) electrons. The maximum Gasteiger partial charge on any atom is 0.328 e. The van der Waals surface area contributed by atoms with Crippen LogP contribution in [-0.4, -0.2) is 37.9 Å². The number of carbonyl (C=O) groups is 1. The summed E-state index contributed by atoms with van der Waals surface area (Å²) in [5.41, 5.74) is 1.00. The lowest BCUT2D eigenvalue weighted by Crippen LogP contribution is -2.22. The van der Waals surface area contributed by atoms with Crippen molar-refractivity contribution in [2.24, 2.45) is 0 Å². The number of nitrogens with zero attached hydrogens (tertiary/aromatic N) is 4. The SMILES string of the molecule is CCCCC(C(=O)O)n1nnnc1Cc1ccc(OCC)cc1. The van der Waals surface area contributed by atoms with E-state index in [9.17, 15) is 9.90 Å². The lowest BCUT2D eigenvalue weighted by atomic mass is 10.1. The fourth-order valence-electron chi connectivity index (χ4n) is 2.37. The number of aliphatic carboxylic acids is 1. The predicted molar refractivity (Wildman–Crippen MR) is 84.4 cm³/mol. The topological polar surface area (TPSA) is 90.1 Å². The number of unbranched alkanes of at least 4 members (excludes halogenated alkanes) is 1. The van der Waals surface area contributed by atoms with Gasteiger partial charge < -0.3 is 9.84 Å². The predicted octanol–water partition coefficient (Wildman–Crippen LogP) is 2.48. The van der Waals surface area contributed by atoms with Crippen LogP contribution >= 0.6 is 0 Å². The van der Waals surface area contributed by atoms with E-state index in [0.717, 1.165) is 24.2 Å². The Hall–Kier alpha value is -2.44. The van der Waals surface area contributed by atoms with Gasteiger partial charge in [-0.15, -0.1) is 5.10 Å². The minimum absolute atomic E-state index is 0.481. The van der Waals surface area contributed by atoms with Gasteiger partial charge in [-0.25, -0.2) is 9.48 Å². The normalized spacial score (nSPS) is 12.1. The highest BCUT2D eigenvalue weighted by molar-refractivity contribution is 5.71. The van der Waals surface area contributed by atoms with Crippen LogP contribution in [-0.2, 0) is 11.2 Å². The van der Waals surface area contributed by atoms with Gasteiger partial charge in [0.25, 0.3) is 0 Å². The molecular weight excluding hydrogens is 296 g/mol. The van der Waals surface area contributed by atoms with Crippen molar-refractivity contribution in [3.05, 3.63) is 35.7 Å². The Morgan fingerprint density at radius 1 is 1.30 bits per heavy atom. The van der Waals surface area contributed by atoms with Crippen LogP contribution in [0.2, 0.25) is 0 Å². The average molecular weight is 318 g/mol. The molecule has 124 valence electrons. The highest BCUT2D eigenvalue weighted by Crippen LogP contribution is 2.19. The molecule has 1 unspecified atom stereocenters. The first kappa shape index (κ1) is 16.9. The number of hydrogen-bond acceptors (Lipinski definition) is 5. The van der Waals surface area contributed by atoms with Crippen LogP contribution in [0, 0.1) is 0 Å². The zero-order valence-electron chi connectivity index (χ0n) is 13.5. The highest BCUT2D eigenvalue weighted by Gasteiger charge is 2.23. The van der Waals surface area contributed by atoms with Crippen molar-refractivity contribution in [3.8, 4) is 5.75 Å². The number of aromatic nitrogens is 4. The molecule has 0 amide bonds. The summed E-state index contributed by atoms with van der Waals surface area (Å²) in [6.07, 6.45) is 2.75. The van der Waals surface area contributed by atoms with Gasteiger partial charge in [-0.05, 0) is 41.5 Å². The van der Waals surface area contributed by atoms with Crippen LogP contribution in [0.4, 0.5) is 0 Å². The Bertz CT molecular complexity index is 625. The van der Waals surface area contributed by atoms with Crippen molar-refractivity contribution in [2.75, 3.05) is 6.61 Å². The zero-order chi connectivity index (χ0) is 16.7. The molecule has 0 saturated heterocycles. The molecule has 0 bridgehead atoms. The molecule has 1 aromatic heterocycles. The summed E-state index contributed by atoms with van der Waals surface area (Å²) in [7, 11) is 0. The molecule has 1 aromatic carbocycles. The van der Waals surface area contributed by atoms with E-state index < -0.39 is 12.0 Å². The van der Waals surface area contributed by atoms with Crippen LogP contribution in [0.25, 0.3) is 0 Å². The molecular formula is C16H22N4O3. The summed E-state index contributed by atoms with van der Waals surface area (Å²) in [5, 5.41) is 20.9. The van der Waals surface area contributed by atoms with E-state index in [1.807, 2.05) is 38.1 Å². The Balaban J connectivity index is 2.14. The molecule has 0 spiro atoms. The number of hydrogen-bond donors (Lipinski definition) is 1. The largest absolute Gasteiger partial charge is 0.494 e. The van der Waals surface area contributed by atoms with Gasteiger partial charge in [-0.1, -0.05) is 31.9 Å². The maximum absolute atomic E-state index is 11.5. The molecule has 1 heterocycles. The molecule has 0 aliphatic heterocycles. The van der Waals surface area contributed by atoms with Crippen LogP contribution < -0.4 is 4.74 Å². The fraction of sp³-hybridized carbons (Fsp3) is 0.500. The van der Waals surface area contributed by atoms with Crippen LogP contribution in [0.15, 0.2) is 24.3 Å². The molecule has 0 fully saturated rings. The first-order valence-corrected chi connectivity index (χ1v) is 7.87. The van der Waals surface area contributed by atoms with Gasteiger partial charge in [-0.2, -0.15) is 0 Å². The van der Waals surface area contributed by atoms with Crippen molar-refractivity contribution in [3.63, 3.8) is 0 Å². The lowest BCUT2D eigenvalue weighted by Gasteiger charge is -2.13. The Kier molecular flexibility index (Phi) is 6.08. The summed E-state index contributed by atoms with van der Waals surface area (Å²) in [6.45, 7) is 4.58. The minimum atomic E-state index is -0.904. The second-order valence-corrected chi connectivity index (χ2v) is 5.29. The monoisotopic (exact) mass is 318 g/mol. The molecule has 1 N–H and O–H groups in total. The van der Waals surface area contributed by atoms with E-state index in [2.05, 4.69) is 15.5 Å². The average Bonchev–Trinajstić information content (AvgIpc) is 2.98. The van der Waals surface area contributed by atoms with Crippen molar-refractivity contribution in [1.82, 2.24) is 20.2 Å². The molecule has 2 rings (SSSR count). The van der Waals surface area contributed by atoms with E-state index in [1.54, 1.807) is 0 Å². The number of carboxylic acids is 1. The van der Waals surface area contributed by atoms with E-state index in [0.29, 0.717) is 25.3 Å². The molecule has 7 nitrogen and oxygen atoms in total. The van der Waals surface area contributed by atoms with Crippen molar-refractivity contribution >= 4 is 5.97 Å². The summed E-state index contributed by atoms with van der Waals surface area (Å²) in [5.74, 6) is 0.457. The van der Waals surface area contributed by atoms with Crippen molar-refractivity contribution in [2.45, 2.75) is 45.6 Å². The van der Waals surface area contributed by atoms with Crippen LogP contribution in [0.5, 0.6) is 5.75 Å². The summed E-state index contributed by atoms with van der Waals surface area (Å²) >= 11 is 0. The third-order valence-corrected chi connectivity index (χ3v) is 3.57. The van der Waals surface area contributed by atoms with E-state index in [4.69, 9.17) is 4.74 Å². The Morgan fingerprint density at radius 3 is 2.65 bits per heavy atom. The summed E-state index contributed by atoms with van der Waals surface area (Å²) in [4.78, 5) is 11.5. The van der Waals surface area contributed by atoms with Gasteiger partial charge in [-0.3, -0.25) is 0 Å². The van der Waals surface area contributed by atoms with Gasteiger partial charge in [0.05, 0.1) is 6.61 Å². The Morgan fingerprint density at radius 2 is 2.04 bits per heavy atom. The van der Waals surface area contributed by atoms with E-state index in [-0.39, 0.29) is 0 Å². The first-order valence-electron chi connectivity index (χ1n) is 7.87. The zero-order valence-corrected chi connectivity index (χ0v) is 13.5. The Labute approximate surface area is 135 Å². The van der Waals surface area contributed by atoms with Gasteiger partial charge in [0, 0.05) is 6.42 Å². The second-order valence-electron chi connectivity index (χ2n) is 5.29. The first-order chi connectivity index (χ1) is 11.2. The third kappa shape index (κ3) is 4.51. The van der Waals surface area contributed by atoms with Gasteiger partial charge >= 0.3 is 5.97 Å². The molecule has 7 heteroatoms. The minimum Gasteiger partial charge on any atom is -0.494 e. The molecule has 0 aliphatic rings. The smallest absolute Gasteiger partial charge is 0.328 e. The van der Waals surface area contributed by atoms with E-state index >= 15 is 0 Å². The standard InChI is InChI=1S/C16H22N4O3/c1-3-5-6-14(16(21)22)20-15(17-18-19-20)11-12-7-9-13(10-8-12)23-4-2/h7-10,14H,3-6,11H2,1-2H3,(H,21,22). The fourth-order valence-corrected chi connectivity index (χ4v) is 2.37.